The van der Waals surface area contributed by atoms with Gasteiger partial charge in [0, 0.05) is 12.2 Å². The molecular weight excluding hydrogens is 178 g/mol. The van der Waals surface area contributed by atoms with Crippen LogP contribution < -0.4 is 10.2 Å². The van der Waals surface area contributed by atoms with Gasteiger partial charge in [0.15, 0.2) is 0 Å². The first-order valence-corrected chi connectivity index (χ1v) is 4.69. The van der Waals surface area contributed by atoms with E-state index in [0.29, 0.717) is 12.6 Å². The lowest BCUT2D eigenvalue weighted by molar-refractivity contribution is -0.115. The van der Waals surface area contributed by atoms with E-state index in [1.54, 1.807) is 12.4 Å². The predicted octanol–water partition coefficient (Wildman–Crippen LogP) is 1.25. The van der Waals surface area contributed by atoms with Crippen molar-refractivity contribution in [3.05, 3.63) is 18.5 Å². The molecule has 2 rings (SSSR count). The summed E-state index contributed by atoms with van der Waals surface area (Å²) >= 11 is 0. The SMILES string of the molecule is CC(C)N1CC(=O)Nc2ccncc21. The van der Waals surface area contributed by atoms with E-state index in [0.717, 1.165) is 11.4 Å². The molecule has 1 N–H and O–H groups in total. The summed E-state index contributed by atoms with van der Waals surface area (Å²) in [6.45, 7) is 4.54. The number of nitrogens with zero attached hydrogens (tertiary/aromatic N) is 2. The van der Waals surface area contributed by atoms with E-state index < -0.39 is 0 Å². The Morgan fingerprint density at radius 3 is 3.07 bits per heavy atom. The van der Waals surface area contributed by atoms with Crippen molar-refractivity contribution in [2.24, 2.45) is 0 Å². The normalized spacial score (nSPS) is 15.4. The lowest BCUT2D eigenvalue weighted by atomic mass is 10.2. The number of carbonyl (C=O) groups excluding carboxylic acids is 1. The number of hydrogen-bond donors (Lipinski definition) is 1. The number of anilines is 2. The second-order valence-corrected chi connectivity index (χ2v) is 3.66. The minimum atomic E-state index is 0.0393. The van der Waals surface area contributed by atoms with Gasteiger partial charge in [-0.1, -0.05) is 0 Å². The zero-order valence-corrected chi connectivity index (χ0v) is 8.32. The first-order valence-electron chi connectivity index (χ1n) is 4.69. The molecule has 1 amide bonds. The molecule has 1 aromatic rings. The molecule has 0 fully saturated rings. The smallest absolute Gasteiger partial charge is 0.243 e. The maximum Gasteiger partial charge on any atom is 0.243 e. The van der Waals surface area contributed by atoms with E-state index in [1.807, 2.05) is 11.0 Å². The summed E-state index contributed by atoms with van der Waals surface area (Å²) in [6, 6.07) is 2.13. The van der Waals surface area contributed by atoms with Gasteiger partial charge in [0.2, 0.25) is 5.91 Å². The Bertz CT molecular complexity index is 362. The Labute approximate surface area is 82.9 Å². The summed E-state index contributed by atoms with van der Waals surface area (Å²) < 4.78 is 0. The molecule has 1 aliphatic heterocycles. The summed E-state index contributed by atoms with van der Waals surface area (Å²) in [5.74, 6) is 0.0393. The maximum absolute atomic E-state index is 11.4. The third-order valence-corrected chi connectivity index (χ3v) is 2.32. The molecule has 0 spiro atoms. The van der Waals surface area contributed by atoms with Crippen LogP contribution in [0.1, 0.15) is 13.8 Å². The van der Waals surface area contributed by atoms with Gasteiger partial charge >= 0.3 is 0 Å². The van der Waals surface area contributed by atoms with E-state index in [9.17, 15) is 4.79 Å². The van der Waals surface area contributed by atoms with Crippen molar-refractivity contribution in [1.82, 2.24) is 4.98 Å². The average molecular weight is 191 g/mol. The number of pyridine rings is 1. The van der Waals surface area contributed by atoms with Gasteiger partial charge in [0.1, 0.15) is 0 Å². The summed E-state index contributed by atoms with van der Waals surface area (Å²) in [6.07, 6.45) is 3.47. The van der Waals surface area contributed by atoms with Crippen LogP contribution >= 0.6 is 0 Å². The molecule has 0 aromatic carbocycles. The number of fused-ring (bicyclic) bond motifs is 1. The van der Waals surface area contributed by atoms with Gasteiger partial charge < -0.3 is 10.2 Å². The molecule has 74 valence electrons. The van der Waals surface area contributed by atoms with E-state index in [-0.39, 0.29) is 5.91 Å². The molecule has 4 heteroatoms. The molecule has 1 aliphatic rings. The average Bonchev–Trinajstić information content (AvgIpc) is 2.16. The second kappa shape index (κ2) is 3.29. The Hall–Kier alpha value is -1.58. The van der Waals surface area contributed by atoms with Gasteiger partial charge in [-0.25, -0.2) is 0 Å². The minimum Gasteiger partial charge on any atom is -0.357 e. The van der Waals surface area contributed by atoms with Crippen molar-refractivity contribution >= 4 is 17.3 Å². The first-order chi connectivity index (χ1) is 6.68. The monoisotopic (exact) mass is 191 g/mol. The lowest BCUT2D eigenvalue weighted by Crippen LogP contribution is -2.42. The van der Waals surface area contributed by atoms with Crippen LogP contribution in [0.15, 0.2) is 18.5 Å². The van der Waals surface area contributed by atoms with E-state index in [1.165, 1.54) is 0 Å². The molecule has 0 bridgehead atoms. The highest BCUT2D eigenvalue weighted by molar-refractivity contribution is 6.00. The maximum atomic E-state index is 11.4. The summed E-state index contributed by atoms with van der Waals surface area (Å²) in [5, 5.41) is 2.82. The van der Waals surface area contributed by atoms with Gasteiger partial charge in [0.05, 0.1) is 24.1 Å². The highest BCUT2D eigenvalue weighted by atomic mass is 16.2. The molecule has 2 heterocycles. The lowest BCUT2D eigenvalue weighted by Gasteiger charge is -2.33. The van der Waals surface area contributed by atoms with Crippen LogP contribution in [-0.4, -0.2) is 23.5 Å². The summed E-state index contributed by atoms with van der Waals surface area (Å²) in [4.78, 5) is 17.5. The highest BCUT2D eigenvalue weighted by Crippen LogP contribution is 2.28. The van der Waals surface area contributed by atoms with Gasteiger partial charge in [-0.3, -0.25) is 9.78 Å². The molecule has 0 saturated heterocycles. The number of amides is 1. The Morgan fingerprint density at radius 1 is 1.57 bits per heavy atom. The van der Waals surface area contributed by atoms with Crippen LogP contribution in [0.4, 0.5) is 11.4 Å². The zero-order chi connectivity index (χ0) is 10.1. The van der Waals surface area contributed by atoms with E-state index in [4.69, 9.17) is 0 Å². The molecule has 1 aromatic heterocycles. The topological polar surface area (TPSA) is 45.2 Å². The van der Waals surface area contributed by atoms with Crippen LogP contribution in [0.25, 0.3) is 0 Å². The van der Waals surface area contributed by atoms with Crippen molar-refractivity contribution < 1.29 is 4.79 Å². The first kappa shape index (κ1) is 8.99. The van der Waals surface area contributed by atoms with E-state index >= 15 is 0 Å². The van der Waals surface area contributed by atoms with Crippen molar-refractivity contribution in [3.63, 3.8) is 0 Å². The number of hydrogen-bond acceptors (Lipinski definition) is 3. The fourth-order valence-corrected chi connectivity index (χ4v) is 1.61. The Kier molecular flexibility index (Phi) is 2.11. The molecule has 14 heavy (non-hydrogen) atoms. The third kappa shape index (κ3) is 1.43. The second-order valence-electron chi connectivity index (χ2n) is 3.66. The number of nitrogens with one attached hydrogen (secondary N) is 1. The third-order valence-electron chi connectivity index (χ3n) is 2.32. The van der Waals surface area contributed by atoms with Crippen LogP contribution in [-0.2, 0) is 4.79 Å². The van der Waals surface area contributed by atoms with Gasteiger partial charge in [-0.05, 0) is 19.9 Å². The van der Waals surface area contributed by atoms with Crippen LogP contribution in [0.5, 0.6) is 0 Å². The number of rotatable bonds is 1. The highest BCUT2D eigenvalue weighted by Gasteiger charge is 2.23. The molecule has 0 atom stereocenters. The zero-order valence-electron chi connectivity index (χ0n) is 8.32. The standard InChI is InChI=1S/C10H13N3O/c1-7(2)13-6-10(14)12-8-3-4-11-5-9(8)13/h3-5,7H,6H2,1-2H3,(H,12,14). The molecule has 0 saturated carbocycles. The Morgan fingerprint density at radius 2 is 2.36 bits per heavy atom. The van der Waals surface area contributed by atoms with Gasteiger partial charge in [0.25, 0.3) is 0 Å². The van der Waals surface area contributed by atoms with Crippen LogP contribution in [0.3, 0.4) is 0 Å². The fourth-order valence-electron chi connectivity index (χ4n) is 1.61. The van der Waals surface area contributed by atoms with E-state index in [2.05, 4.69) is 24.1 Å². The quantitative estimate of drug-likeness (QED) is 0.726. The van der Waals surface area contributed by atoms with Crippen LogP contribution in [0.2, 0.25) is 0 Å². The molecular formula is C10H13N3O. The molecule has 0 aliphatic carbocycles. The van der Waals surface area contributed by atoms with Crippen molar-refractivity contribution in [1.29, 1.82) is 0 Å². The van der Waals surface area contributed by atoms with Gasteiger partial charge in [-0.2, -0.15) is 0 Å². The van der Waals surface area contributed by atoms with Crippen LogP contribution in [0, 0.1) is 0 Å². The predicted molar refractivity (Wildman–Crippen MR) is 55.3 cm³/mol. The largest absolute Gasteiger partial charge is 0.357 e. The van der Waals surface area contributed by atoms with Crippen molar-refractivity contribution in [3.8, 4) is 0 Å². The molecule has 0 radical (unpaired) electrons. The van der Waals surface area contributed by atoms with Gasteiger partial charge in [-0.15, -0.1) is 0 Å². The number of aromatic nitrogens is 1. The summed E-state index contributed by atoms with van der Waals surface area (Å²) in [7, 11) is 0. The Balaban J connectivity index is 2.43. The number of carbonyl (C=O) groups is 1. The van der Waals surface area contributed by atoms with Crippen molar-refractivity contribution in [2.75, 3.05) is 16.8 Å². The molecule has 4 nitrogen and oxygen atoms in total. The minimum absolute atomic E-state index is 0.0393. The fraction of sp³-hybridized carbons (Fsp3) is 0.400. The summed E-state index contributed by atoms with van der Waals surface area (Å²) in [5.41, 5.74) is 1.85. The molecule has 0 unspecified atom stereocenters. The van der Waals surface area contributed by atoms with Crippen molar-refractivity contribution in [2.45, 2.75) is 19.9 Å².